The van der Waals surface area contributed by atoms with Crippen LogP contribution in [0, 0.1) is 4.77 Å². The molecule has 6 heteroatoms. The number of nitrogens with zero attached hydrogens (tertiary/aromatic N) is 3. The fraction of sp³-hybridized carbons (Fsp3) is 0.118. The zero-order chi connectivity index (χ0) is 16.2. The Hall–Kier alpha value is -2.24. The second kappa shape index (κ2) is 6.89. The normalized spacial score (nSPS) is 12.6. The van der Waals surface area contributed by atoms with E-state index in [9.17, 15) is 0 Å². The quantitative estimate of drug-likeness (QED) is 0.541. The van der Waals surface area contributed by atoms with Gasteiger partial charge >= 0.3 is 0 Å². The molecule has 0 saturated heterocycles. The predicted octanol–water partition coefficient (Wildman–Crippen LogP) is 4.90. The summed E-state index contributed by atoms with van der Waals surface area (Å²) in [6.07, 6.45) is 1.85. The molecule has 3 aromatic rings. The van der Waals surface area contributed by atoms with E-state index in [1.165, 1.54) is 5.56 Å². The molecule has 0 aliphatic rings. The largest absolute Gasteiger partial charge is 0.250 e. The summed E-state index contributed by atoms with van der Waals surface area (Å²) in [5.74, 6) is 0.754. The lowest BCUT2D eigenvalue weighted by Gasteiger charge is -2.06. The average Bonchev–Trinajstić information content (AvgIpc) is 2.94. The van der Waals surface area contributed by atoms with E-state index in [1.54, 1.807) is 4.68 Å². The Morgan fingerprint density at radius 2 is 1.87 bits per heavy atom. The van der Waals surface area contributed by atoms with E-state index in [2.05, 4.69) is 34.4 Å². The maximum Gasteiger partial charge on any atom is 0.216 e. The Morgan fingerprint density at radius 3 is 2.61 bits per heavy atom. The van der Waals surface area contributed by atoms with E-state index in [0.29, 0.717) is 15.6 Å². The van der Waals surface area contributed by atoms with Crippen molar-refractivity contribution in [2.75, 3.05) is 0 Å². The summed E-state index contributed by atoms with van der Waals surface area (Å²) in [6.45, 7) is 2.08. The van der Waals surface area contributed by atoms with Crippen LogP contribution in [0.2, 0.25) is 5.02 Å². The maximum absolute atomic E-state index is 6.25. The Kier molecular flexibility index (Phi) is 4.69. The number of nitrogens with one attached hydrogen (secondary N) is 1. The van der Waals surface area contributed by atoms with Crippen molar-refractivity contribution in [3.63, 3.8) is 0 Å². The van der Waals surface area contributed by atoms with Crippen LogP contribution in [0.1, 0.15) is 18.4 Å². The van der Waals surface area contributed by atoms with Crippen LogP contribution in [-0.2, 0) is 0 Å². The van der Waals surface area contributed by atoms with Gasteiger partial charge in [0.25, 0.3) is 0 Å². The van der Waals surface area contributed by atoms with E-state index in [0.717, 1.165) is 5.56 Å². The first-order valence-corrected chi connectivity index (χ1v) is 7.97. The number of hydrogen-bond donors (Lipinski definition) is 1. The van der Waals surface area contributed by atoms with Crippen LogP contribution in [0.15, 0.2) is 59.7 Å². The Bertz CT molecular complexity index is 883. The van der Waals surface area contributed by atoms with Crippen molar-refractivity contribution in [3.8, 4) is 11.4 Å². The van der Waals surface area contributed by atoms with Gasteiger partial charge in [-0.15, -0.1) is 0 Å². The molecule has 3 rings (SSSR count). The molecule has 0 amide bonds. The molecule has 0 aliphatic carbocycles. The van der Waals surface area contributed by atoms with E-state index in [1.807, 2.05) is 48.7 Å². The standard InChI is InChI=1S/C17H15ClN4S/c1-12(13-7-3-2-4-8-13)11-19-22-16(20-21-17(22)23)14-9-5-6-10-15(14)18/h2-12H,1H3,(H,21,23)/b19-11-/t12-/m1/s1. The highest BCUT2D eigenvalue weighted by molar-refractivity contribution is 7.71. The van der Waals surface area contributed by atoms with Crippen molar-refractivity contribution in [1.82, 2.24) is 14.9 Å². The van der Waals surface area contributed by atoms with Gasteiger partial charge in [-0.25, -0.2) is 5.10 Å². The highest BCUT2D eigenvalue weighted by Crippen LogP contribution is 2.26. The minimum Gasteiger partial charge on any atom is -0.250 e. The van der Waals surface area contributed by atoms with Gasteiger partial charge in [-0.3, -0.25) is 0 Å². The lowest BCUT2D eigenvalue weighted by molar-refractivity contribution is 0.856. The highest BCUT2D eigenvalue weighted by atomic mass is 35.5. The lowest BCUT2D eigenvalue weighted by atomic mass is 10.0. The predicted molar refractivity (Wildman–Crippen MR) is 96.6 cm³/mol. The van der Waals surface area contributed by atoms with E-state index in [4.69, 9.17) is 23.8 Å². The van der Waals surface area contributed by atoms with Crippen molar-refractivity contribution < 1.29 is 0 Å². The zero-order valence-electron chi connectivity index (χ0n) is 12.5. The second-order valence-corrected chi connectivity index (χ2v) is 5.90. The summed E-state index contributed by atoms with van der Waals surface area (Å²) < 4.78 is 2.02. The highest BCUT2D eigenvalue weighted by Gasteiger charge is 2.11. The van der Waals surface area contributed by atoms with Crippen LogP contribution in [0.25, 0.3) is 11.4 Å². The van der Waals surface area contributed by atoms with Crippen LogP contribution < -0.4 is 0 Å². The fourth-order valence-corrected chi connectivity index (χ4v) is 2.62. The number of aromatic nitrogens is 3. The van der Waals surface area contributed by atoms with E-state index < -0.39 is 0 Å². The summed E-state index contributed by atoms with van der Waals surface area (Å²) in [5, 5.41) is 12.1. The Labute approximate surface area is 144 Å². The number of hydrogen-bond acceptors (Lipinski definition) is 3. The van der Waals surface area contributed by atoms with Crippen LogP contribution in [0.5, 0.6) is 0 Å². The molecular weight excluding hydrogens is 328 g/mol. The minimum atomic E-state index is 0.159. The first-order valence-electron chi connectivity index (χ1n) is 7.18. The van der Waals surface area contributed by atoms with Gasteiger partial charge in [-0.2, -0.15) is 14.9 Å². The summed E-state index contributed by atoms with van der Waals surface area (Å²) in [4.78, 5) is 0. The first-order chi connectivity index (χ1) is 11.2. The molecule has 23 heavy (non-hydrogen) atoms. The molecule has 0 radical (unpaired) electrons. The van der Waals surface area contributed by atoms with Gasteiger partial charge in [0.05, 0.1) is 5.02 Å². The molecule has 0 spiro atoms. The van der Waals surface area contributed by atoms with Gasteiger partial charge in [0, 0.05) is 17.7 Å². The van der Waals surface area contributed by atoms with Gasteiger partial charge in [-0.1, -0.05) is 61.0 Å². The molecule has 1 N–H and O–H groups in total. The average molecular weight is 343 g/mol. The van der Waals surface area contributed by atoms with Crippen molar-refractivity contribution in [1.29, 1.82) is 0 Å². The molecule has 1 aromatic heterocycles. The summed E-state index contributed by atoms with van der Waals surface area (Å²) in [7, 11) is 0. The molecule has 0 aliphatic heterocycles. The fourth-order valence-electron chi connectivity index (χ4n) is 2.23. The molecule has 2 aromatic carbocycles. The Balaban J connectivity index is 1.95. The van der Waals surface area contributed by atoms with Gasteiger partial charge in [0.15, 0.2) is 5.82 Å². The molecule has 4 nitrogen and oxygen atoms in total. The smallest absolute Gasteiger partial charge is 0.216 e. The minimum absolute atomic E-state index is 0.159. The molecule has 0 fully saturated rings. The summed E-state index contributed by atoms with van der Waals surface area (Å²) >= 11 is 11.5. The van der Waals surface area contributed by atoms with Crippen LogP contribution in [0.3, 0.4) is 0 Å². The Morgan fingerprint density at radius 1 is 1.17 bits per heavy atom. The molecule has 1 heterocycles. The maximum atomic E-state index is 6.25. The van der Waals surface area contributed by atoms with Gasteiger partial charge in [-0.05, 0) is 29.9 Å². The third kappa shape index (κ3) is 3.41. The van der Waals surface area contributed by atoms with Gasteiger partial charge < -0.3 is 0 Å². The van der Waals surface area contributed by atoms with Crippen LogP contribution >= 0.6 is 23.8 Å². The van der Waals surface area contributed by atoms with E-state index in [-0.39, 0.29) is 5.92 Å². The lowest BCUT2D eigenvalue weighted by Crippen LogP contribution is -1.99. The van der Waals surface area contributed by atoms with Crippen LogP contribution in [-0.4, -0.2) is 21.1 Å². The SMILES string of the molecule is C[C@H](/C=N\n1c(-c2ccccc2Cl)n[nH]c1=S)c1ccccc1. The topological polar surface area (TPSA) is 46.0 Å². The van der Waals surface area contributed by atoms with Gasteiger partial charge in [0.1, 0.15) is 0 Å². The van der Waals surface area contributed by atoms with E-state index >= 15 is 0 Å². The third-order valence-corrected chi connectivity index (χ3v) is 4.09. The molecule has 0 unspecified atom stereocenters. The number of aromatic amines is 1. The molecule has 1 atom stereocenters. The molecule has 0 saturated carbocycles. The van der Waals surface area contributed by atoms with Crippen molar-refractivity contribution >= 4 is 30.0 Å². The van der Waals surface area contributed by atoms with Crippen molar-refractivity contribution in [3.05, 3.63) is 70.0 Å². The summed E-state index contributed by atoms with van der Waals surface area (Å²) in [5.41, 5.74) is 1.97. The third-order valence-electron chi connectivity index (χ3n) is 3.50. The second-order valence-electron chi connectivity index (χ2n) is 5.11. The van der Waals surface area contributed by atoms with Crippen molar-refractivity contribution in [2.45, 2.75) is 12.8 Å². The number of rotatable bonds is 4. The summed E-state index contributed by atoms with van der Waals surface area (Å²) in [6, 6.07) is 17.6. The molecule has 0 bridgehead atoms. The number of H-pyrrole nitrogens is 1. The van der Waals surface area contributed by atoms with Gasteiger partial charge in [0.2, 0.25) is 4.77 Å². The number of halogens is 1. The number of benzene rings is 2. The van der Waals surface area contributed by atoms with Crippen molar-refractivity contribution in [2.24, 2.45) is 5.10 Å². The molecular formula is C17H15ClN4S. The molecule has 116 valence electrons. The first kappa shape index (κ1) is 15.6. The zero-order valence-corrected chi connectivity index (χ0v) is 14.1. The van der Waals surface area contributed by atoms with Crippen LogP contribution in [0.4, 0.5) is 0 Å². The monoisotopic (exact) mass is 342 g/mol.